The quantitative estimate of drug-likeness (QED) is 0.557. The SMILES string of the molecule is COc1ccc(OCC(N)C(=O)O)cc1[N+](=O)[O-]. The third-order valence-corrected chi connectivity index (χ3v) is 2.09. The molecule has 8 heteroatoms. The summed E-state index contributed by atoms with van der Waals surface area (Å²) in [6, 6.07) is 2.75. The summed E-state index contributed by atoms with van der Waals surface area (Å²) in [6.07, 6.45) is 0. The summed E-state index contributed by atoms with van der Waals surface area (Å²) >= 11 is 0. The summed E-state index contributed by atoms with van der Waals surface area (Å²) < 4.78 is 9.86. The van der Waals surface area contributed by atoms with E-state index in [1.165, 1.54) is 19.2 Å². The average Bonchev–Trinajstić information content (AvgIpc) is 2.35. The van der Waals surface area contributed by atoms with E-state index >= 15 is 0 Å². The van der Waals surface area contributed by atoms with Crippen molar-refractivity contribution in [1.29, 1.82) is 0 Å². The summed E-state index contributed by atoms with van der Waals surface area (Å²) in [6.45, 7) is -0.279. The number of hydrogen-bond acceptors (Lipinski definition) is 6. The smallest absolute Gasteiger partial charge is 0.324 e. The molecule has 0 radical (unpaired) electrons. The van der Waals surface area contributed by atoms with E-state index in [0.717, 1.165) is 6.07 Å². The largest absolute Gasteiger partial charge is 0.491 e. The second-order valence-corrected chi connectivity index (χ2v) is 3.35. The topological polar surface area (TPSA) is 125 Å². The number of nitrogens with two attached hydrogens (primary N) is 1. The van der Waals surface area contributed by atoms with Crippen LogP contribution in [0.15, 0.2) is 18.2 Å². The molecule has 0 aliphatic carbocycles. The van der Waals surface area contributed by atoms with Gasteiger partial charge in [-0.2, -0.15) is 0 Å². The summed E-state index contributed by atoms with van der Waals surface area (Å²) in [5.41, 5.74) is 4.97. The molecule has 1 rings (SSSR count). The molecule has 0 amide bonds. The predicted molar refractivity (Wildman–Crippen MR) is 60.8 cm³/mol. The van der Waals surface area contributed by atoms with Gasteiger partial charge in [0.2, 0.25) is 0 Å². The zero-order valence-electron chi connectivity index (χ0n) is 9.53. The van der Waals surface area contributed by atoms with Crippen molar-refractivity contribution in [3.8, 4) is 11.5 Å². The van der Waals surface area contributed by atoms with E-state index in [-0.39, 0.29) is 23.8 Å². The van der Waals surface area contributed by atoms with Gasteiger partial charge in [0.05, 0.1) is 18.1 Å². The summed E-state index contributed by atoms with van der Waals surface area (Å²) in [5, 5.41) is 19.3. The minimum Gasteiger partial charge on any atom is -0.491 e. The Labute approximate surface area is 102 Å². The summed E-state index contributed by atoms with van der Waals surface area (Å²) in [5.74, 6) is -0.966. The molecule has 98 valence electrons. The molecule has 1 unspecified atom stereocenters. The molecule has 0 heterocycles. The minimum absolute atomic E-state index is 0.0925. The first kappa shape index (κ1) is 13.7. The number of nitro benzene ring substituents is 1. The highest BCUT2D eigenvalue weighted by molar-refractivity contribution is 5.73. The number of aliphatic carboxylic acids is 1. The lowest BCUT2D eigenvalue weighted by Gasteiger charge is -2.10. The van der Waals surface area contributed by atoms with Crippen LogP contribution in [0.4, 0.5) is 5.69 Å². The van der Waals surface area contributed by atoms with Crippen molar-refractivity contribution in [2.45, 2.75) is 6.04 Å². The van der Waals surface area contributed by atoms with Gasteiger partial charge in [-0.1, -0.05) is 0 Å². The van der Waals surface area contributed by atoms with Gasteiger partial charge >= 0.3 is 11.7 Å². The number of benzene rings is 1. The molecular weight excluding hydrogens is 244 g/mol. The van der Waals surface area contributed by atoms with Gasteiger partial charge in [-0.05, 0) is 12.1 Å². The molecule has 0 bridgehead atoms. The molecule has 1 atom stereocenters. The van der Waals surface area contributed by atoms with Crippen LogP contribution in [0.2, 0.25) is 0 Å². The maximum Gasteiger partial charge on any atom is 0.324 e. The zero-order chi connectivity index (χ0) is 13.7. The standard InChI is InChI=1S/C10H12N2O6/c1-17-9-3-2-6(4-8(9)12(15)16)18-5-7(11)10(13)14/h2-4,7H,5,11H2,1H3,(H,13,14). The normalized spacial score (nSPS) is 11.7. The van der Waals surface area contributed by atoms with Crippen molar-refractivity contribution in [2.24, 2.45) is 5.73 Å². The van der Waals surface area contributed by atoms with Gasteiger partial charge < -0.3 is 20.3 Å². The second-order valence-electron chi connectivity index (χ2n) is 3.35. The fraction of sp³-hybridized carbons (Fsp3) is 0.300. The fourth-order valence-corrected chi connectivity index (χ4v) is 1.16. The zero-order valence-corrected chi connectivity index (χ0v) is 9.53. The summed E-state index contributed by atoms with van der Waals surface area (Å²) in [4.78, 5) is 20.6. The molecule has 3 N–H and O–H groups in total. The molecule has 18 heavy (non-hydrogen) atoms. The monoisotopic (exact) mass is 256 g/mol. The van der Waals surface area contributed by atoms with Crippen LogP contribution in [-0.2, 0) is 4.79 Å². The number of nitro groups is 1. The molecular formula is C10H12N2O6. The van der Waals surface area contributed by atoms with Gasteiger partial charge in [0.15, 0.2) is 5.75 Å². The number of methoxy groups -OCH3 is 1. The maximum atomic E-state index is 10.7. The molecule has 0 aliphatic rings. The van der Waals surface area contributed by atoms with Gasteiger partial charge in [0.1, 0.15) is 18.4 Å². The Morgan fingerprint density at radius 1 is 1.61 bits per heavy atom. The highest BCUT2D eigenvalue weighted by atomic mass is 16.6. The average molecular weight is 256 g/mol. The predicted octanol–water partition coefficient (Wildman–Crippen LogP) is 0.394. The molecule has 0 fully saturated rings. The van der Waals surface area contributed by atoms with Crippen LogP contribution < -0.4 is 15.2 Å². The van der Waals surface area contributed by atoms with E-state index in [0.29, 0.717) is 0 Å². The van der Waals surface area contributed by atoms with E-state index in [1.807, 2.05) is 0 Å². The van der Waals surface area contributed by atoms with Crippen molar-refractivity contribution in [2.75, 3.05) is 13.7 Å². The van der Waals surface area contributed by atoms with Crippen molar-refractivity contribution in [3.63, 3.8) is 0 Å². The van der Waals surface area contributed by atoms with Crippen molar-refractivity contribution in [3.05, 3.63) is 28.3 Å². The molecule has 0 aromatic heterocycles. The second kappa shape index (κ2) is 5.82. The maximum absolute atomic E-state index is 10.7. The van der Waals surface area contributed by atoms with Crippen LogP contribution in [0, 0.1) is 10.1 Å². The van der Waals surface area contributed by atoms with E-state index < -0.39 is 16.9 Å². The van der Waals surface area contributed by atoms with Gasteiger partial charge in [-0.25, -0.2) is 0 Å². The number of carbonyl (C=O) groups is 1. The highest BCUT2D eigenvalue weighted by Crippen LogP contribution is 2.30. The fourth-order valence-electron chi connectivity index (χ4n) is 1.16. The lowest BCUT2D eigenvalue weighted by Crippen LogP contribution is -2.36. The number of nitrogens with zero attached hydrogens (tertiary/aromatic N) is 1. The Hall–Kier alpha value is -2.35. The van der Waals surface area contributed by atoms with E-state index in [4.69, 9.17) is 20.3 Å². The van der Waals surface area contributed by atoms with E-state index in [9.17, 15) is 14.9 Å². The lowest BCUT2D eigenvalue weighted by molar-refractivity contribution is -0.385. The van der Waals surface area contributed by atoms with Gasteiger partial charge in [0.25, 0.3) is 0 Å². The first-order valence-electron chi connectivity index (χ1n) is 4.89. The van der Waals surface area contributed by atoms with Crippen LogP contribution >= 0.6 is 0 Å². The third kappa shape index (κ3) is 3.32. The lowest BCUT2D eigenvalue weighted by atomic mass is 10.2. The number of rotatable bonds is 6. The number of ether oxygens (including phenoxy) is 2. The molecule has 1 aromatic rings. The molecule has 0 saturated carbocycles. The Morgan fingerprint density at radius 2 is 2.28 bits per heavy atom. The Balaban J connectivity index is 2.82. The minimum atomic E-state index is -1.21. The van der Waals surface area contributed by atoms with E-state index in [1.54, 1.807) is 0 Å². The molecule has 0 aliphatic heterocycles. The van der Waals surface area contributed by atoms with Crippen molar-refractivity contribution >= 4 is 11.7 Å². The number of carboxylic acids is 1. The Morgan fingerprint density at radius 3 is 2.78 bits per heavy atom. The molecule has 8 nitrogen and oxygen atoms in total. The van der Waals surface area contributed by atoms with Crippen molar-refractivity contribution < 1.29 is 24.3 Å². The first-order chi connectivity index (χ1) is 8.45. The van der Waals surface area contributed by atoms with Crippen LogP contribution in [0.25, 0.3) is 0 Å². The van der Waals surface area contributed by atoms with Crippen molar-refractivity contribution in [1.82, 2.24) is 0 Å². The molecule has 0 saturated heterocycles. The Bertz CT molecular complexity index is 462. The van der Waals surface area contributed by atoms with Gasteiger partial charge in [-0.15, -0.1) is 0 Å². The van der Waals surface area contributed by atoms with Crippen LogP contribution in [-0.4, -0.2) is 35.8 Å². The molecule has 0 spiro atoms. The van der Waals surface area contributed by atoms with Gasteiger partial charge in [-0.3, -0.25) is 14.9 Å². The van der Waals surface area contributed by atoms with Crippen LogP contribution in [0.1, 0.15) is 0 Å². The highest BCUT2D eigenvalue weighted by Gasteiger charge is 2.17. The number of hydrogen-bond donors (Lipinski definition) is 2. The first-order valence-corrected chi connectivity index (χ1v) is 4.89. The Kier molecular flexibility index (Phi) is 4.44. The van der Waals surface area contributed by atoms with E-state index in [2.05, 4.69) is 0 Å². The van der Waals surface area contributed by atoms with Gasteiger partial charge in [0, 0.05) is 0 Å². The van der Waals surface area contributed by atoms with Crippen LogP contribution in [0.3, 0.4) is 0 Å². The summed E-state index contributed by atoms with van der Waals surface area (Å²) in [7, 11) is 1.31. The molecule has 1 aromatic carbocycles. The third-order valence-electron chi connectivity index (χ3n) is 2.09. The number of carboxylic acid groups (broad SMARTS) is 1. The van der Waals surface area contributed by atoms with Crippen LogP contribution in [0.5, 0.6) is 11.5 Å².